The minimum atomic E-state index is -4.35. The summed E-state index contributed by atoms with van der Waals surface area (Å²) in [4.78, 5) is 5.77. The first kappa shape index (κ1) is 21.6. The zero-order valence-electron chi connectivity index (χ0n) is 16.4. The van der Waals surface area contributed by atoms with Crippen LogP contribution in [0.3, 0.4) is 0 Å². The summed E-state index contributed by atoms with van der Waals surface area (Å²) >= 11 is 1.64. The molecule has 0 radical (unpaired) electrons. The van der Waals surface area contributed by atoms with Gasteiger partial charge in [0.1, 0.15) is 0 Å². The third-order valence-corrected chi connectivity index (χ3v) is 6.02. The van der Waals surface area contributed by atoms with Gasteiger partial charge in [0.2, 0.25) is 0 Å². The summed E-state index contributed by atoms with van der Waals surface area (Å²) in [7, 11) is 0. The first-order chi connectivity index (χ1) is 13.9. The van der Waals surface area contributed by atoms with E-state index in [-0.39, 0.29) is 0 Å². The number of rotatable bonds is 6. The molecule has 0 aliphatic carbocycles. The molecular formula is C21H26F3N3OS. The first-order valence-corrected chi connectivity index (χ1v) is 10.6. The molecule has 4 nitrogen and oxygen atoms in total. The average Bonchev–Trinajstić information content (AvgIpc) is 3.24. The summed E-state index contributed by atoms with van der Waals surface area (Å²) in [5, 5.41) is 8.59. The van der Waals surface area contributed by atoms with Crippen molar-refractivity contribution in [2.75, 3.05) is 26.3 Å². The predicted molar refractivity (Wildman–Crippen MR) is 110 cm³/mol. The van der Waals surface area contributed by atoms with Crippen molar-refractivity contribution < 1.29 is 17.9 Å². The number of hydrogen-bond donors (Lipinski definition) is 2. The van der Waals surface area contributed by atoms with Crippen molar-refractivity contribution in [3.63, 3.8) is 0 Å². The van der Waals surface area contributed by atoms with Crippen LogP contribution in [0.25, 0.3) is 0 Å². The van der Waals surface area contributed by atoms with Gasteiger partial charge < -0.3 is 15.4 Å². The molecule has 2 heterocycles. The van der Waals surface area contributed by atoms with Crippen LogP contribution in [-0.4, -0.2) is 32.3 Å². The van der Waals surface area contributed by atoms with Crippen LogP contribution in [0.4, 0.5) is 13.2 Å². The molecule has 0 saturated carbocycles. The maximum Gasteiger partial charge on any atom is 0.416 e. The molecular weight excluding hydrogens is 399 g/mol. The van der Waals surface area contributed by atoms with Gasteiger partial charge >= 0.3 is 6.18 Å². The average molecular weight is 426 g/mol. The topological polar surface area (TPSA) is 45.7 Å². The maximum atomic E-state index is 13.2. The Balaban J connectivity index is 1.80. The van der Waals surface area contributed by atoms with E-state index in [9.17, 15) is 13.2 Å². The number of aliphatic imine (C=N–C) groups is 1. The summed E-state index contributed by atoms with van der Waals surface area (Å²) in [6, 6.07) is 9.70. The van der Waals surface area contributed by atoms with Crippen molar-refractivity contribution in [2.24, 2.45) is 4.99 Å². The standard InChI is InChI=1S/C21H26F3N3OS/c1-2-25-19(26-14-18-7-4-12-29-18)27-15-20(8-10-28-11-9-20)16-5-3-6-17(13-16)21(22,23)24/h3-7,12-13H,2,8-11,14-15H2,1H3,(H2,25,26,27). The Morgan fingerprint density at radius 3 is 2.62 bits per heavy atom. The van der Waals surface area contributed by atoms with Crippen LogP contribution >= 0.6 is 11.3 Å². The van der Waals surface area contributed by atoms with Gasteiger partial charge in [-0.25, -0.2) is 4.99 Å². The highest BCUT2D eigenvalue weighted by atomic mass is 32.1. The van der Waals surface area contributed by atoms with Crippen LogP contribution in [0.1, 0.15) is 35.8 Å². The Morgan fingerprint density at radius 1 is 1.17 bits per heavy atom. The number of alkyl halides is 3. The Bertz CT molecular complexity index is 800. The molecule has 3 rings (SSSR count). The number of benzene rings is 1. The Kier molecular flexibility index (Phi) is 7.18. The van der Waals surface area contributed by atoms with E-state index in [2.05, 4.69) is 15.6 Å². The molecule has 1 aromatic carbocycles. The molecule has 0 unspecified atom stereocenters. The fourth-order valence-corrected chi connectivity index (χ4v) is 4.14. The van der Waals surface area contributed by atoms with Gasteiger partial charge in [-0.1, -0.05) is 24.3 Å². The Morgan fingerprint density at radius 2 is 1.97 bits per heavy atom. The zero-order valence-corrected chi connectivity index (χ0v) is 17.2. The quantitative estimate of drug-likeness (QED) is 0.526. The first-order valence-electron chi connectivity index (χ1n) is 9.73. The van der Waals surface area contributed by atoms with Gasteiger partial charge in [-0.05, 0) is 42.8 Å². The van der Waals surface area contributed by atoms with Gasteiger partial charge in [0.05, 0.1) is 12.1 Å². The summed E-state index contributed by atoms with van der Waals surface area (Å²) in [5.74, 6) is 0.666. The Hall–Kier alpha value is -2.06. The number of hydrogen-bond acceptors (Lipinski definition) is 3. The van der Waals surface area contributed by atoms with Crippen LogP contribution < -0.4 is 10.6 Å². The van der Waals surface area contributed by atoms with E-state index >= 15 is 0 Å². The Labute approximate surface area is 173 Å². The van der Waals surface area contributed by atoms with Crippen molar-refractivity contribution in [3.8, 4) is 0 Å². The maximum absolute atomic E-state index is 13.2. The third-order valence-electron chi connectivity index (χ3n) is 5.16. The van der Waals surface area contributed by atoms with Gasteiger partial charge in [0.25, 0.3) is 0 Å². The molecule has 1 aliphatic rings. The molecule has 1 aliphatic heterocycles. The molecule has 2 N–H and O–H groups in total. The molecule has 0 bridgehead atoms. The molecule has 0 amide bonds. The fourth-order valence-electron chi connectivity index (χ4n) is 3.51. The van der Waals surface area contributed by atoms with Gasteiger partial charge in [-0.15, -0.1) is 11.3 Å². The number of nitrogens with zero attached hydrogens (tertiary/aromatic N) is 1. The molecule has 2 aromatic rings. The lowest BCUT2D eigenvalue weighted by Gasteiger charge is -2.38. The summed E-state index contributed by atoms with van der Waals surface area (Å²) < 4.78 is 45.2. The van der Waals surface area contributed by atoms with Crippen LogP contribution in [0.15, 0.2) is 46.8 Å². The smallest absolute Gasteiger partial charge is 0.381 e. The van der Waals surface area contributed by atoms with Crippen molar-refractivity contribution >= 4 is 17.3 Å². The molecule has 1 fully saturated rings. The lowest BCUT2D eigenvalue weighted by molar-refractivity contribution is -0.137. The highest BCUT2D eigenvalue weighted by molar-refractivity contribution is 7.09. The van der Waals surface area contributed by atoms with Crippen LogP contribution in [0.5, 0.6) is 0 Å². The van der Waals surface area contributed by atoms with Crippen molar-refractivity contribution in [2.45, 2.75) is 37.9 Å². The van der Waals surface area contributed by atoms with Gasteiger partial charge in [0.15, 0.2) is 5.96 Å². The van der Waals surface area contributed by atoms with E-state index in [4.69, 9.17) is 4.74 Å². The van der Waals surface area contributed by atoms with E-state index in [0.717, 1.165) is 10.9 Å². The summed E-state index contributed by atoms with van der Waals surface area (Å²) in [6.07, 6.45) is -3.04. The fraction of sp³-hybridized carbons (Fsp3) is 0.476. The van der Waals surface area contributed by atoms with Gasteiger partial charge in [-0.2, -0.15) is 13.2 Å². The monoisotopic (exact) mass is 425 g/mol. The highest BCUT2D eigenvalue weighted by Crippen LogP contribution is 2.37. The number of guanidine groups is 1. The number of thiophene rings is 1. The number of ether oxygens (including phenoxy) is 1. The molecule has 29 heavy (non-hydrogen) atoms. The van der Waals surface area contributed by atoms with Crippen molar-refractivity contribution in [3.05, 3.63) is 57.8 Å². The minimum Gasteiger partial charge on any atom is -0.381 e. The van der Waals surface area contributed by atoms with E-state index in [1.54, 1.807) is 17.4 Å². The van der Waals surface area contributed by atoms with E-state index in [0.29, 0.717) is 57.2 Å². The highest BCUT2D eigenvalue weighted by Gasteiger charge is 2.37. The molecule has 158 valence electrons. The van der Waals surface area contributed by atoms with Crippen molar-refractivity contribution in [1.29, 1.82) is 0 Å². The second kappa shape index (κ2) is 9.63. The van der Waals surface area contributed by atoms with Crippen LogP contribution in [0, 0.1) is 0 Å². The zero-order chi connectivity index (χ0) is 20.7. The minimum absolute atomic E-state index is 0.432. The third kappa shape index (κ3) is 5.73. The van der Waals surface area contributed by atoms with E-state index in [1.807, 2.05) is 24.4 Å². The van der Waals surface area contributed by atoms with Gasteiger partial charge in [-0.3, -0.25) is 0 Å². The van der Waals surface area contributed by atoms with E-state index < -0.39 is 17.2 Å². The normalized spacial score (nSPS) is 17.2. The number of nitrogens with one attached hydrogen (secondary N) is 2. The van der Waals surface area contributed by atoms with Crippen molar-refractivity contribution in [1.82, 2.24) is 10.6 Å². The molecule has 0 atom stereocenters. The lowest BCUT2D eigenvalue weighted by atomic mass is 9.73. The second-order valence-corrected chi connectivity index (χ2v) is 8.13. The van der Waals surface area contributed by atoms with Crippen LogP contribution in [0.2, 0.25) is 0 Å². The predicted octanol–water partition coefficient (Wildman–Crippen LogP) is 4.57. The molecule has 0 spiro atoms. The van der Waals surface area contributed by atoms with Crippen LogP contribution in [-0.2, 0) is 22.9 Å². The van der Waals surface area contributed by atoms with E-state index in [1.165, 1.54) is 12.1 Å². The molecule has 1 aromatic heterocycles. The summed E-state index contributed by atoms with van der Waals surface area (Å²) in [5.41, 5.74) is -0.352. The summed E-state index contributed by atoms with van der Waals surface area (Å²) in [6.45, 7) is 4.80. The molecule has 1 saturated heterocycles. The number of halogens is 3. The van der Waals surface area contributed by atoms with Gasteiger partial charge in [0, 0.05) is 36.6 Å². The largest absolute Gasteiger partial charge is 0.416 e. The lowest BCUT2D eigenvalue weighted by Crippen LogP contribution is -2.48. The molecule has 8 heteroatoms. The SMILES string of the molecule is CCNC(=NCc1cccs1)NCC1(c2cccc(C(F)(F)F)c2)CCOCC1. The second-order valence-electron chi connectivity index (χ2n) is 7.10.